The van der Waals surface area contributed by atoms with Crippen LogP contribution in [0.4, 0.5) is 8.78 Å². The molecule has 0 atom stereocenters. The molecule has 0 spiro atoms. The quantitative estimate of drug-likeness (QED) is 0.792. The number of rotatable bonds is 2. The van der Waals surface area contributed by atoms with E-state index in [1.807, 2.05) is 4.98 Å². The molecule has 1 aromatic heterocycles. The predicted octanol–water partition coefficient (Wildman–Crippen LogP) is 1.91. The van der Waals surface area contributed by atoms with Crippen LogP contribution in [0.2, 0.25) is 0 Å². The lowest BCUT2D eigenvalue weighted by Crippen LogP contribution is -2.11. The first-order valence-corrected chi connectivity index (χ1v) is 4.47. The second-order valence-corrected chi connectivity index (χ2v) is 2.92. The number of aromatic amines is 1. The molecular formula is C7H6BrF2NO2. The van der Waals surface area contributed by atoms with Crippen molar-refractivity contribution in [3.8, 4) is 5.75 Å². The molecule has 0 unspecified atom stereocenters. The van der Waals surface area contributed by atoms with Gasteiger partial charge in [0.1, 0.15) is 0 Å². The first-order chi connectivity index (χ1) is 6.06. The van der Waals surface area contributed by atoms with E-state index in [-0.39, 0.29) is 10.9 Å². The summed E-state index contributed by atoms with van der Waals surface area (Å²) in [6, 6.07) is 1.02. The minimum Gasteiger partial charge on any atom is -0.503 e. The minimum atomic E-state index is -2.75. The Hall–Kier alpha value is -0.910. The van der Waals surface area contributed by atoms with Crippen LogP contribution in [0.5, 0.6) is 5.75 Å². The molecule has 0 radical (unpaired) electrons. The van der Waals surface area contributed by atoms with E-state index in [0.29, 0.717) is 0 Å². The lowest BCUT2D eigenvalue weighted by molar-refractivity contribution is 0.144. The van der Waals surface area contributed by atoms with Gasteiger partial charge in [-0.05, 0) is 11.6 Å². The highest BCUT2D eigenvalue weighted by atomic mass is 79.9. The van der Waals surface area contributed by atoms with E-state index in [2.05, 4.69) is 15.9 Å². The molecule has 13 heavy (non-hydrogen) atoms. The summed E-state index contributed by atoms with van der Waals surface area (Å²) in [5.41, 5.74) is -1.19. The van der Waals surface area contributed by atoms with Gasteiger partial charge in [-0.2, -0.15) is 0 Å². The highest BCUT2D eigenvalue weighted by molar-refractivity contribution is 9.08. The largest absolute Gasteiger partial charge is 0.503 e. The van der Waals surface area contributed by atoms with Gasteiger partial charge in [0.05, 0.1) is 5.69 Å². The summed E-state index contributed by atoms with van der Waals surface area (Å²) in [4.78, 5) is 12.7. The first-order valence-electron chi connectivity index (χ1n) is 3.35. The van der Waals surface area contributed by atoms with Crippen LogP contribution in [-0.2, 0) is 5.33 Å². The number of H-pyrrole nitrogens is 1. The maximum Gasteiger partial charge on any atom is 0.290 e. The normalized spacial score (nSPS) is 10.8. The van der Waals surface area contributed by atoms with Crippen LogP contribution in [0, 0.1) is 0 Å². The Bertz CT molecular complexity index is 364. The lowest BCUT2D eigenvalue weighted by atomic mass is 10.2. The zero-order valence-corrected chi connectivity index (χ0v) is 7.94. The van der Waals surface area contributed by atoms with E-state index < -0.39 is 23.4 Å². The van der Waals surface area contributed by atoms with E-state index in [0.717, 1.165) is 6.07 Å². The first kappa shape index (κ1) is 10.2. The molecule has 0 amide bonds. The van der Waals surface area contributed by atoms with Crippen molar-refractivity contribution in [3.63, 3.8) is 0 Å². The van der Waals surface area contributed by atoms with Crippen LogP contribution in [-0.4, -0.2) is 10.1 Å². The topological polar surface area (TPSA) is 53.1 Å². The molecule has 1 heterocycles. The SMILES string of the molecule is O=c1[nH]c(C(F)F)c(CBr)cc1O. The van der Waals surface area contributed by atoms with Crippen LogP contribution in [0.1, 0.15) is 17.7 Å². The molecule has 2 N–H and O–H groups in total. The fraction of sp³-hybridized carbons (Fsp3) is 0.286. The number of alkyl halides is 3. The Morgan fingerprint density at radius 3 is 2.69 bits per heavy atom. The summed E-state index contributed by atoms with van der Waals surface area (Å²) in [5.74, 6) is -0.557. The van der Waals surface area contributed by atoms with E-state index in [4.69, 9.17) is 5.11 Å². The summed E-state index contributed by atoms with van der Waals surface area (Å²) in [7, 11) is 0. The van der Waals surface area contributed by atoms with E-state index in [1.165, 1.54) is 0 Å². The summed E-state index contributed by atoms with van der Waals surface area (Å²) in [6.45, 7) is 0. The molecule has 0 aliphatic carbocycles. The Labute approximate surface area is 80.5 Å². The summed E-state index contributed by atoms with van der Waals surface area (Å²) >= 11 is 2.97. The highest BCUT2D eigenvalue weighted by Crippen LogP contribution is 2.22. The standard InChI is InChI=1S/C7H6BrF2NO2/c8-2-3-1-4(12)7(13)11-5(3)6(9)10/h1,6,12H,2H2,(H,11,13). The zero-order chi connectivity index (χ0) is 10.0. The van der Waals surface area contributed by atoms with Crippen molar-refractivity contribution in [1.82, 2.24) is 4.98 Å². The molecule has 0 aliphatic rings. The second-order valence-electron chi connectivity index (χ2n) is 2.36. The molecular weight excluding hydrogens is 248 g/mol. The van der Waals surface area contributed by atoms with Crippen molar-refractivity contribution in [2.45, 2.75) is 11.8 Å². The molecule has 1 rings (SSSR count). The fourth-order valence-electron chi connectivity index (χ4n) is 0.880. The molecule has 0 saturated heterocycles. The van der Waals surface area contributed by atoms with Gasteiger partial charge < -0.3 is 10.1 Å². The zero-order valence-electron chi connectivity index (χ0n) is 6.35. The Kier molecular flexibility index (Phi) is 3.02. The van der Waals surface area contributed by atoms with Gasteiger partial charge in [-0.25, -0.2) is 8.78 Å². The van der Waals surface area contributed by atoms with Gasteiger partial charge in [0.2, 0.25) is 0 Å². The van der Waals surface area contributed by atoms with Crippen molar-refractivity contribution in [2.75, 3.05) is 0 Å². The Morgan fingerprint density at radius 2 is 2.23 bits per heavy atom. The van der Waals surface area contributed by atoms with Gasteiger partial charge in [0.25, 0.3) is 12.0 Å². The summed E-state index contributed by atoms with van der Waals surface area (Å²) < 4.78 is 24.5. The van der Waals surface area contributed by atoms with Crippen molar-refractivity contribution in [2.24, 2.45) is 0 Å². The van der Waals surface area contributed by atoms with Crippen LogP contribution < -0.4 is 5.56 Å². The van der Waals surface area contributed by atoms with Gasteiger partial charge in [-0.15, -0.1) is 0 Å². The average molecular weight is 254 g/mol. The van der Waals surface area contributed by atoms with E-state index in [1.54, 1.807) is 0 Å². The van der Waals surface area contributed by atoms with Gasteiger partial charge in [-0.3, -0.25) is 4.79 Å². The van der Waals surface area contributed by atoms with Gasteiger partial charge in [0, 0.05) is 5.33 Å². The molecule has 6 heteroatoms. The molecule has 0 saturated carbocycles. The van der Waals surface area contributed by atoms with Gasteiger partial charge >= 0.3 is 0 Å². The number of aromatic nitrogens is 1. The maximum absolute atomic E-state index is 12.3. The number of halogens is 3. The highest BCUT2D eigenvalue weighted by Gasteiger charge is 2.15. The third kappa shape index (κ3) is 2.06. The molecule has 1 aromatic rings. The molecule has 0 aliphatic heterocycles. The minimum absolute atomic E-state index is 0.150. The van der Waals surface area contributed by atoms with Crippen LogP contribution in [0.3, 0.4) is 0 Å². The van der Waals surface area contributed by atoms with Crippen LogP contribution >= 0.6 is 15.9 Å². The molecule has 72 valence electrons. The van der Waals surface area contributed by atoms with Crippen molar-refractivity contribution >= 4 is 15.9 Å². The average Bonchev–Trinajstić information content (AvgIpc) is 2.08. The van der Waals surface area contributed by atoms with Crippen LogP contribution in [0.15, 0.2) is 10.9 Å². The lowest BCUT2D eigenvalue weighted by Gasteiger charge is -2.05. The van der Waals surface area contributed by atoms with E-state index >= 15 is 0 Å². The van der Waals surface area contributed by atoms with E-state index in [9.17, 15) is 13.6 Å². The third-order valence-corrected chi connectivity index (χ3v) is 2.10. The maximum atomic E-state index is 12.3. The Balaban J connectivity index is 3.33. The summed E-state index contributed by atoms with van der Waals surface area (Å²) in [6.07, 6.45) is -2.75. The Morgan fingerprint density at radius 1 is 1.62 bits per heavy atom. The van der Waals surface area contributed by atoms with Crippen molar-refractivity contribution < 1.29 is 13.9 Å². The number of aromatic hydroxyl groups is 1. The number of hydrogen-bond acceptors (Lipinski definition) is 2. The predicted molar refractivity (Wildman–Crippen MR) is 46.3 cm³/mol. The molecule has 3 nitrogen and oxygen atoms in total. The van der Waals surface area contributed by atoms with Gasteiger partial charge in [-0.1, -0.05) is 15.9 Å². The van der Waals surface area contributed by atoms with Crippen molar-refractivity contribution in [3.05, 3.63) is 27.7 Å². The smallest absolute Gasteiger partial charge is 0.290 e. The van der Waals surface area contributed by atoms with Crippen LogP contribution in [0.25, 0.3) is 0 Å². The second kappa shape index (κ2) is 3.87. The summed E-state index contributed by atoms with van der Waals surface area (Å²) in [5, 5.41) is 9.08. The molecule has 0 bridgehead atoms. The number of nitrogens with one attached hydrogen (secondary N) is 1. The third-order valence-electron chi connectivity index (χ3n) is 1.50. The van der Waals surface area contributed by atoms with Crippen molar-refractivity contribution in [1.29, 1.82) is 0 Å². The number of pyridine rings is 1. The van der Waals surface area contributed by atoms with Gasteiger partial charge in [0.15, 0.2) is 5.75 Å². The monoisotopic (exact) mass is 253 g/mol. The molecule has 0 fully saturated rings. The fourth-order valence-corrected chi connectivity index (χ4v) is 1.34. The number of hydrogen-bond donors (Lipinski definition) is 2. The molecule has 0 aromatic carbocycles.